The average Bonchev–Trinajstić information content (AvgIpc) is 2.85. The van der Waals surface area contributed by atoms with Crippen molar-refractivity contribution >= 4 is 25.4 Å². The van der Waals surface area contributed by atoms with Crippen molar-refractivity contribution in [3.63, 3.8) is 0 Å². The van der Waals surface area contributed by atoms with Crippen molar-refractivity contribution in [1.29, 1.82) is 0 Å². The molecule has 1 saturated heterocycles. The highest BCUT2D eigenvalue weighted by Gasteiger charge is 2.45. The van der Waals surface area contributed by atoms with E-state index in [4.69, 9.17) is 10.7 Å². The van der Waals surface area contributed by atoms with E-state index >= 15 is 0 Å². The molecule has 1 aromatic carbocycles. The molecule has 3 rings (SSSR count). The molecule has 16 heavy (non-hydrogen) atoms. The maximum absolute atomic E-state index is 11.2. The monoisotopic (exact) mass is 257 g/mol. The third kappa shape index (κ3) is 1.80. The number of rotatable bonds is 2. The molecule has 0 spiro atoms. The zero-order valence-electron chi connectivity index (χ0n) is 8.64. The molecule has 86 valence electrons. The number of fused-ring (bicyclic) bond motifs is 1. The summed E-state index contributed by atoms with van der Waals surface area (Å²) < 4.78 is 22.4. The Labute approximate surface area is 99.4 Å². The first-order valence-corrected chi connectivity index (χ1v) is 7.64. The summed E-state index contributed by atoms with van der Waals surface area (Å²) in [6.45, 7) is 2.10. The Morgan fingerprint density at radius 3 is 2.56 bits per heavy atom. The highest BCUT2D eigenvalue weighted by atomic mass is 35.7. The van der Waals surface area contributed by atoms with Crippen molar-refractivity contribution in [2.24, 2.45) is 11.8 Å². The lowest BCUT2D eigenvalue weighted by molar-refractivity contribution is 0.609. The van der Waals surface area contributed by atoms with Crippen LogP contribution in [0.5, 0.6) is 0 Å². The van der Waals surface area contributed by atoms with Crippen LogP contribution >= 0.6 is 10.7 Å². The SMILES string of the molecule is O=S(=O)(Cl)c1cccc(N2CC3CC3C2)c1. The van der Waals surface area contributed by atoms with Gasteiger partial charge in [-0.05, 0) is 36.5 Å². The number of benzene rings is 1. The molecule has 3 nitrogen and oxygen atoms in total. The van der Waals surface area contributed by atoms with Gasteiger partial charge >= 0.3 is 0 Å². The third-order valence-electron chi connectivity index (χ3n) is 3.44. The number of nitrogens with zero attached hydrogens (tertiary/aromatic N) is 1. The van der Waals surface area contributed by atoms with Crippen LogP contribution in [0.3, 0.4) is 0 Å². The number of hydrogen-bond donors (Lipinski definition) is 0. The van der Waals surface area contributed by atoms with E-state index in [0.29, 0.717) is 0 Å². The summed E-state index contributed by atoms with van der Waals surface area (Å²) in [5, 5.41) is 0. The molecule has 1 heterocycles. The Balaban J connectivity index is 1.90. The van der Waals surface area contributed by atoms with Crippen molar-refractivity contribution in [1.82, 2.24) is 0 Å². The van der Waals surface area contributed by atoms with Gasteiger partial charge in [-0.15, -0.1) is 0 Å². The number of hydrogen-bond acceptors (Lipinski definition) is 3. The van der Waals surface area contributed by atoms with Crippen molar-refractivity contribution in [2.45, 2.75) is 11.3 Å². The fourth-order valence-electron chi connectivity index (χ4n) is 2.44. The van der Waals surface area contributed by atoms with E-state index in [9.17, 15) is 8.42 Å². The lowest BCUT2D eigenvalue weighted by Crippen LogP contribution is -2.21. The number of halogens is 1. The zero-order chi connectivity index (χ0) is 11.3. The molecule has 2 unspecified atom stereocenters. The molecule has 1 aromatic rings. The van der Waals surface area contributed by atoms with Gasteiger partial charge in [0.15, 0.2) is 0 Å². The molecule has 2 aliphatic rings. The Kier molecular flexibility index (Phi) is 2.20. The molecule has 5 heteroatoms. The number of piperidine rings is 1. The van der Waals surface area contributed by atoms with Gasteiger partial charge in [0.2, 0.25) is 0 Å². The average molecular weight is 258 g/mol. The van der Waals surface area contributed by atoms with Crippen molar-refractivity contribution < 1.29 is 8.42 Å². The maximum atomic E-state index is 11.2. The van der Waals surface area contributed by atoms with Gasteiger partial charge in [-0.3, -0.25) is 0 Å². The molecule has 1 aliphatic heterocycles. The largest absolute Gasteiger partial charge is 0.371 e. The van der Waals surface area contributed by atoms with Crippen LogP contribution in [0.4, 0.5) is 5.69 Å². The van der Waals surface area contributed by atoms with Gasteiger partial charge in [0.1, 0.15) is 0 Å². The fourth-order valence-corrected chi connectivity index (χ4v) is 3.23. The summed E-state index contributed by atoms with van der Waals surface area (Å²) in [7, 11) is 1.72. The summed E-state index contributed by atoms with van der Waals surface area (Å²) in [6.07, 6.45) is 1.34. The summed E-state index contributed by atoms with van der Waals surface area (Å²) in [4.78, 5) is 2.43. The summed E-state index contributed by atoms with van der Waals surface area (Å²) in [5.41, 5.74) is 0.967. The van der Waals surface area contributed by atoms with E-state index in [-0.39, 0.29) is 4.90 Å². The smallest absolute Gasteiger partial charge is 0.261 e. The Bertz CT molecular complexity index is 519. The quantitative estimate of drug-likeness (QED) is 0.762. The topological polar surface area (TPSA) is 37.4 Å². The van der Waals surface area contributed by atoms with Crippen LogP contribution in [0.25, 0.3) is 0 Å². The van der Waals surface area contributed by atoms with E-state index in [1.54, 1.807) is 12.1 Å². The first-order valence-electron chi connectivity index (χ1n) is 5.34. The minimum absolute atomic E-state index is 0.187. The van der Waals surface area contributed by atoms with Crippen LogP contribution in [-0.4, -0.2) is 21.5 Å². The van der Waals surface area contributed by atoms with E-state index in [1.807, 2.05) is 6.07 Å². The lowest BCUT2D eigenvalue weighted by atomic mass is 10.3. The zero-order valence-corrected chi connectivity index (χ0v) is 10.2. The lowest BCUT2D eigenvalue weighted by Gasteiger charge is -2.20. The van der Waals surface area contributed by atoms with Gasteiger partial charge in [0, 0.05) is 29.5 Å². The molecule has 0 N–H and O–H groups in total. The maximum Gasteiger partial charge on any atom is 0.261 e. The molecule has 2 fully saturated rings. The van der Waals surface area contributed by atoms with Crippen LogP contribution in [0.2, 0.25) is 0 Å². The van der Waals surface area contributed by atoms with Crippen molar-refractivity contribution in [3.05, 3.63) is 24.3 Å². The standard InChI is InChI=1S/C11H12ClNO2S/c12-16(14,15)11-3-1-2-10(5-11)13-6-8-4-9(8)7-13/h1-3,5,8-9H,4,6-7H2. The molecular weight excluding hydrogens is 246 g/mol. The summed E-state index contributed by atoms with van der Waals surface area (Å²) in [5.74, 6) is 1.66. The van der Waals surface area contributed by atoms with E-state index in [1.165, 1.54) is 12.5 Å². The van der Waals surface area contributed by atoms with Crippen LogP contribution in [0, 0.1) is 11.8 Å². The Morgan fingerprint density at radius 2 is 1.94 bits per heavy atom. The van der Waals surface area contributed by atoms with Crippen LogP contribution in [0.15, 0.2) is 29.2 Å². The van der Waals surface area contributed by atoms with E-state index in [0.717, 1.165) is 30.6 Å². The summed E-state index contributed by atoms with van der Waals surface area (Å²) >= 11 is 0. The molecule has 0 radical (unpaired) electrons. The predicted octanol–water partition coefficient (Wildman–Crippen LogP) is 2.07. The second-order valence-corrected chi connectivity index (χ2v) is 7.16. The highest BCUT2D eigenvalue weighted by Crippen LogP contribution is 2.46. The van der Waals surface area contributed by atoms with E-state index < -0.39 is 9.05 Å². The van der Waals surface area contributed by atoms with Gasteiger partial charge in [-0.1, -0.05) is 6.07 Å². The van der Waals surface area contributed by atoms with Crippen LogP contribution < -0.4 is 4.90 Å². The minimum Gasteiger partial charge on any atom is -0.371 e. The third-order valence-corrected chi connectivity index (χ3v) is 4.79. The Morgan fingerprint density at radius 1 is 1.25 bits per heavy atom. The van der Waals surface area contributed by atoms with Gasteiger partial charge in [0.05, 0.1) is 4.90 Å². The Hall–Kier alpha value is -0.740. The van der Waals surface area contributed by atoms with Gasteiger partial charge in [0.25, 0.3) is 9.05 Å². The van der Waals surface area contributed by atoms with Gasteiger partial charge in [-0.2, -0.15) is 0 Å². The molecule has 2 atom stereocenters. The minimum atomic E-state index is -3.61. The van der Waals surface area contributed by atoms with Gasteiger partial charge < -0.3 is 4.90 Å². The molecular formula is C11H12ClNO2S. The van der Waals surface area contributed by atoms with Crippen LogP contribution in [-0.2, 0) is 9.05 Å². The molecule has 0 aromatic heterocycles. The second kappa shape index (κ2) is 3.37. The molecule has 1 aliphatic carbocycles. The molecule has 0 bridgehead atoms. The molecule has 1 saturated carbocycles. The second-order valence-electron chi connectivity index (χ2n) is 4.60. The summed E-state index contributed by atoms with van der Waals surface area (Å²) in [6, 6.07) is 6.88. The molecule has 0 amide bonds. The van der Waals surface area contributed by atoms with Crippen molar-refractivity contribution in [3.8, 4) is 0 Å². The van der Waals surface area contributed by atoms with Crippen molar-refractivity contribution in [2.75, 3.05) is 18.0 Å². The van der Waals surface area contributed by atoms with Gasteiger partial charge in [-0.25, -0.2) is 8.42 Å². The van der Waals surface area contributed by atoms with Crippen LogP contribution in [0.1, 0.15) is 6.42 Å². The first-order chi connectivity index (χ1) is 7.54. The van der Waals surface area contributed by atoms with E-state index in [2.05, 4.69) is 4.90 Å². The fraction of sp³-hybridized carbons (Fsp3) is 0.455. The normalized spacial score (nSPS) is 27.9. The highest BCUT2D eigenvalue weighted by molar-refractivity contribution is 8.13. The number of anilines is 1. The first kappa shape index (κ1) is 10.4. The predicted molar refractivity (Wildman–Crippen MR) is 63.3 cm³/mol.